The predicted octanol–water partition coefficient (Wildman–Crippen LogP) is 0.527. The highest BCUT2D eigenvalue weighted by Gasteiger charge is 2.52. The van der Waals surface area contributed by atoms with Crippen molar-refractivity contribution >= 4 is 18.4 Å². The van der Waals surface area contributed by atoms with E-state index in [1.54, 1.807) is 0 Å². The lowest BCUT2D eigenvalue weighted by Gasteiger charge is -2.14. The van der Waals surface area contributed by atoms with Crippen molar-refractivity contribution in [2.75, 3.05) is 13.7 Å². The smallest absolute Gasteiger partial charge is 0.310 e. The monoisotopic (exact) mass is 209 g/mol. The van der Waals surface area contributed by atoms with Crippen LogP contribution >= 0.6 is 12.4 Å². The molecule has 0 amide bonds. The second-order valence-corrected chi connectivity index (χ2v) is 3.49. The zero-order chi connectivity index (χ0) is 8.72. The van der Waals surface area contributed by atoms with E-state index >= 15 is 0 Å². The fraction of sp³-hybridized carbons (Fsp3) is 0.875. The van der Waals surface area contributed by atoms with Gasteiger partial charge in [0.25, 0.3) is 0 Å². The lowest BCUT2D eigenvalue weighted by atomic mass is 9.99. The molecule has 76 valence electrons. The van der Waals surface area contributed by atoms with Gasteiger partial charge in [-0.2, -0.15) is 0 Å². The Morgan fingerprint density at radius 1 is 1.62 bits per heavy atom. The van der Waals surface area contributed by atoms with E-state index in [4.69, 9.17) is 0 Å². The van der Waals surface area contributed by atoms with Crippen LogP contribution in [0.1, 0.15) is 6.42 Å². The minimum absolute atomic E-state index is 0. The normalized spacial score (nSPS) is 41.4. The summed E-state index contributed by atoms with van der Waals surface area (Å²) in [5, 5.41) is 3.00. The molecule has 1 N–H and O–H groups in total. The van der Waals surface area contributed by atoms with E-state index < -0.39 is 6.17 Å². The van der Waals surface area contributed by atoms with Crippen LogP contribution in [0.5, 0.6) is 0 Å². The summed E-state index contributed by atoms with van der Waals surface area (Å²) < 4.78 is 17.7. The topological polar surface area (TPSA) is 38.3 Å². The third kappa shape index (κ3) is 1.53. The highest BCUT2D eigenvalue weighted by molar-refractivity contribution is 5.85. The van der Waals surface area contributed by atoms with Gasteiger partial charge in [-0.05, 0) is 18.9 Å². The Morgan fingerprint density at radius 2 is 2.31 bits per heavy atom. The Bertz CT molecular complexity index is 214. The number of fused-ring (bicyclic) bond motifs is 2. The van der Waals surface area contributed by atoms with Crippen molar-refractivity contribution in [2.45, 2.75) is 18.6 Å². The summed E-state index contributed by atoms with van der Waals surface area (Å²) in [7, 11) is 1.35. The summed E-state index contributed by atoms with van der Waals surface area (Å²) in [6.07, 6.45) is -0.356. The van der Waals surface area contributed by atoms with Gasteiger partial charge in [0.15, 0.2) is 0 Å². The number of alkyl halides is 1. The van der Waals surface area contributed by atoms with E-state index in [0.717, 1.165) is 6.54 Å². The third-order valence-corrected chi connectivity index (χ3v) is 2.90. The Labute approximate surface area is 82.4 Å². The van der Waals surface area contributed by atoms with Gasteiger partial charge in [-0.1, -0.05) is 0 Å². The van der Waals surface area contributed by atoms with Crippen molar-refractivity contribution in [2.24, 2.45) is 11.8 Å². The van der Waals surface area contributed by atoms with Gasteiger partial charge in [-0.25, -0.2) is 4.39 Å². The van der Waals surface area contributed by atoms with Crippen molar-refractivity contribution in [3.8, 4) is 0 Å². The maximum Gasteiger partial charge on any atom is 0.310 e. The molecule has 4 atom stereocenters. The van der Waals surface area contributed by atoms with Crippen LogP contribution in [0.15, 0.2) is 0 Å². The Hall–Kier alpha value is -0.350. The molecule has 1 heterocycles. The largest absolute Gasteiger partial charge is 0.469 e. The van der Waals surface area contributed by atoms with Gasteiger partial charge in [-0.15, -0.1) is 12.4 Å². The molecule has 0 unspecified atom stereocenters. The van der Waals surface area contributed by atoms with Crippen LogP contribution in [-0.2, 0) is 9.53 Å². The van der Waals surface area contributed by atoms with E-state index in [9.17, 15) is 9.18 Å². The maximum absolute atomic E-state index is 13.1. The van der Waals surface area contributed by atoms with E-state index in [-0.39, 0.29) is 36.3 Å². The number of carbonyl (C=O) groups is 1. The molecular formula is C8H13ClFNO2. The highest BCUT2D eigenvalue weighted by atomic mass is 35.5. The first kappa shape index (κ1) is 10.7. The summed E-state index contributed by atoms with van der Waals surface area (Å²) in [5.41, 5.74) is 0. The fourth-order valence-electron chi connectivity index (χ4n) is 2.33. The lowest BCUT2D eigenvalue weighted by Crippen LogP contribution is -2.37. The van der Waals surface area contributed by atoms with Gasteiger partial charge in [0.2, 0.25) is 0 Å². The first-order valence-electron chi connectivity index (χ1n) is 4.19. The molecule has 0 aromatic rings. The predicted molar refractivity (Wildman–Crippen MR) is 47.5 cm³/mol. The van der Waals surface area contributed by atoms with E-state index in [2.05, 4.69) is 10.1 Å². The fourth-order valence-corrected chi connectivity index (χ4v) is 2.33. The standard InChI is InChI=1S/C8H12FNO2.ClH/c1-12-8(11)6-4-2-5(9)7(6)10-3-4;/h4-7,10H,2-3H2,1H3;1H/t4-,5-,6-,7-;/m1./s1. The van der Waals surface area contributed by atoms with Crippen molar-refractivity contribution in [1.82, 2.24) is 5.32 Å². The van der Waals surface area contributed by atoms with Gasteiger partial charge in [0.1, 0.15) is 6.17 Å². The van der Waals surface area contributed by atoms with Crippen LogP contribution in [0, 0.1) is 11.8 Å². The number of hydrogen-bond donors (Lipinski definition) is 1. The molecule has 0 spiro atoms. The number of hydrogen-bond acceptors (Lipinski definition) is 3. The van der Waals surface area contributed by atoms with Crippen LogP contribution in [0.4, 0.5) is 4.39 Å². The zero-order valence-electron chi connectivity index (χ0n) is 7.33. The van der Waals surface area contributed by atoms with Crippen molar-refractivity contribution in [1.29, 1.82) is 0 Å². The van der Waals surface area contributed by atoms with Gasteiger partial charge in [-0.3, -0.25) is 4.79 Å². The van der Waals surface area contributed by atoms with E-state index in [1.165, 1.54) is 7.11 Å². The molecule has 1 saturated carbocycles. The van der Waals surface area contributed by atoms with Crippen LogP contribution in [-0.4, -0.2) is 31.8 Å². The van der Waals surface area contributed by atoms with Crippen molar-refractivity contribution < 1.29 is 13.9 Å². The molecule has 2 rings (SSSR count). The number of nitrogens with one attached hydrogen (secondary N) is 1. The molecule has 0 aromatic carbocycles. The molecule has 1 aliphatic heterocycles. The van der Waals surface area contributed by atoms with E-state index in [1.807, 2.05) is 0 Å². The molecule has 2 fully saturated rings. The molecule has 2 bridgehead atoms. The molecule has 2 aliphatic rings. The summed E-state index contributed by atoms with van der Waals surface area (Å²) in [5.74, 6) is -0.363. The Kier molecular flexibility index (Phi) is 3.14. The van der Waals surface area contributed by atoms with Crippen LogP contribution in [0.25, 0.3) is 0 Å². The second kappa shape index (κ2) is 3.80. The number of piperidine rings is 1. The third-order valence-electron chi connectivity index (χ3n) is 2.90. The van der Waals surface area contributed by atoms with E-state index in [0.29, 0.717) is 6.42 Å². The average molecular weight is 210 g/mol. The van der Waals surface area contributed by atoms with Crippen LogP contribution < -0.4 is 5.32 Å². The molecule has 3 nitrogen and oxygen atoms in total. The SMILES string of the molecule is COC(=O)[C@@H]1[C@H]2CN[C@@H]1[C@H](F)C2.Cl. The number of esters is 1. The molecule has 1 aliphatic carbocycles. The summed E-state index contributed by atoms with van der Waals surface area (Å²) >= 11 is 0. The minimum atomic E-state index is -0.868. The summed E-state index contributed by atoms with van der Waals surface area (Å²) in [6, 6.07) is -0.289. The first-order valence-corrected chi connectivity index (χ1v) is 4.19. The number of ether oxygens (including phenoxy) is 1. The lowest BCUT2D eigenvalue weighted by molar-refractivity contribution is -0.146. The summed E-state index contributed by atoms with van der Waals surface area (Å²) in [4.78, 5) is 11.2. The molecular weight excluding hydrogens is 197 g/mol. The van der Waals surface area contributed by atoms with Gasteiger partial charge in [0, 0.05) is 0 Å². The van der Waals surface area contributed by atoms with Crippen LogP contribution in [0.3, 0.4) is 0 Å². The quantitative estimate of drug-likeness (QED) is 0.641. The zero-order valence-corrected chi connectivity index (χ0v) is 8.14. The Morgan fingerprint density at radius 3 is 2.69 bits per heavy atom. The van der Waals surface area contributed by atoms with Gasteiger partial charge in [0.05, 0.1) is 19.1 Å². The molecule has 1 saturated heterocycles. The second-order valence-electron chi connectivity index (χ2n) is 3.49. The van der Waals surface area contributed by atoms with Crippen LogP contribution in [0.2, 0.25) is 0 Å². The maximum atomic E-state index is 13.1. The average Bonchev–Trinajstić information content (AvgIpc) is 2.59. The number of rotatable bonds is 1. The molecule has 0 radical (unpaired) electrons. The van der Waals surface area contributed by atoms with Gasteiger partial charge >= 0.3 is 5.97 Å². The van der Waals surface area contributed by atoms with Crippen molar-refractivity contribution in [3.05, 3.63) is 0 Å². The highest BCUT2D eigenvalue weighted by Crippen LogP contribution is 2.39. The number of methoxy groups -OCH3 is 1. The number of carbonyl (C=O) groups excluding carboxylic acids is 1. The number of halogens is 2. The van der Waals surface area contributed by atoms with Gasteiger partial charge < -0.3 is 10.1 Å². The minimum Gasteiger partial charge on any atom is -0.469 e. The Balaban J connectivity index is 0.000000845. The van der Waals surface area contributed by atoms with Crippen molar-refractivity contribution in [3.63, 3.8) is 0 Å². The molecule has 13 heavy (non-hydrogen) atoms. The summed E-state index contributed by atoms with van der Waals surface area (Å²) in [6.45, 7) is 0.755. The molecule has 5 heteroatoms. The molecule has 0 aromatic heterocycles. The first-order chi connectivity index (χ1) is 5.74.